The predicted octanol–water partition coefficient (Wildman–Crippen LogP) is 1.30. The molecule has 15 heavy (non-hydrogen) atoms. The molecule has 0 spiro atoms. The molecule has 0 aliphatic heterocycles. The Morgan fingerprint density at radius 2 is 2.20 bits per heavy atom. The van der Waals surface area contributed by atoms with Crippen molar-refractivity contribution in [3.05, 3.63) is 29.3 Å². The lowest BCUT2D eigenvalue weighted by molar-refractivity contribution is -0.118. The van der Waals surface area contributed by atoms with Crippen LogP contribution in [0.15, 0.2) is 18.2 Å². The van der Waals surface area contributed by atoms with Crippen molar-refractivity contribution in [1.82, 2.24) is 5.32 Å². The highest BCUT2D eigenvalue weighted by molar-refractivity contribution is 5.81. The summed E-state index contributed by atoms with van der Waals surface area (Å²) in [7, 11) is 1.80. The SMILES string of the molecule is CNC(Cc1ccc(N)c(C)c1)C(C)=O. The topological polar surface area (TPSA) is 55.1 Å². The van der Waals surface area contributed by atoms with Crippen LogP contribution in [-0.2, 0) is 11.2 Å². The molecule has 0 bridgehead atoms. The minimum Gasteiger partial charge on any atom is -0.399 e. The zero-order chi connectivity index (χ0) is 11.4. The summed E-state index contributed by atoms with van der Waals surface area (Å²) in [6.45, 7) is 3.58. The standard InChI is InChI=1S/C12H18N2O/c1-8-6-10(4-5-11(8)13)7-12(14-3)9(2)15/h4-6,12,14H,7,13H2,1-3H3. The molecule has 1 unspecified atom stereocenters. The molecule has 0 radical (unpaired) electrons. The van der Waals surface area contributed by atoms with Crippen molar-refractivity contribution in [2.75, 3.05) is 12.8 Å². The number of hydrogen-bond acceptors (Lipinski definition) is 3. The van der Waals surface area contributed by atoms with Crippen LogP contribution in [0.2, 0.25) is 0 Å². The molecule has 0 saturated carbocycles. The second kappa shape index (κ2) is 4.94. The van der Waals surface area contributed by atoms with Gasteiger partial charge in [-0.2, -0.15) is 0 Å². The minimum absolute atomic E-state index is 0.104. The minimum atomic E-state index is -0.104. The summed E-state index contributed by atoms with van der Waals surface area (Å²) >= 11 is 0. The van der Waals surface area contributed by atoms with Gasteiger partial charge in [0.05, 0.1) is 6.04 Å². The third kappa shape index (κ3) is 3.06. The third-order valence-corrected chi connectivity index (χ3v) is 2.61. The van der Waals surface area contributed by atoms with E-state index < -0.39 is 0 Å². The number of nitrogen functional groups attached to an aromatic ring is 1. The van der Waals surface area contributed by atoms with E-state index in [1.54, 1.807) is 14.0 Å². The summed E-state index contributed by atoms with van der Waals surface area (Å²) < 4.78 is 0. The zero-order valence-corrected chi connectivity index (χ0v) is 9.50. The molecular formula is C12H18N2O. The number of likely N-dealkylation sites (N-methyl/N-ethyl adjacent to an activating group) is 1. The molecule has 0 amide bonds. The van der Waals surface area contributed by atoms with Gasteiger partial charge in [-0.05, 0) is 44.5 Å². The van der Waals surface area contributed by atoms with E-state index in [9.17, 15) is 4.79 Å². The molecule has 0 saturated heterocycles. The van der Waals surface area contributed by atoms with Gasteiger partial charge < -0.3 is 11.1 Å². The van der Waals surface area contributed by atoms with Crippen molar-refractivity contribution in [2.45, 2.75) is 26.3 Å². The van der Waals surface area contributed by atoms with Gasteiger partial charge in [-0.1, -0.05) is 12.1 Å². The first kappa shape index (κ1) is 11.7. The van der Waals surface area contributed by atoms with Crippen molar-refractivity contribution < 1.29 is 4.79 Å². The summed E-state index contributed by atoms with van der Waals surface area (Å²) in [6, 6.07) is 5.78. The number of aryl methyl sites for hydroxylation is 1. The van der Waals surface area contributed by atoms with E-state index >= 15 is 0 Å². The predicted molar refractivity (Wildman–Crippen MR) is 62.8 cm³/mol. The summed E-state index contributed by atoms with van der Waals surface area (Å²) in [5, 5.41) is 3.00. The number of benzene rings is 1. The Hall–Kier alpha value is -1.35. The van der Waals surface area contributed by atoms with Gasteiger partial charge in [0.25, 0.3) is 0 Å². The molecule has 0 fully saturated rings. The molecule has 3 nitrogen and oxygen atoms in total. The molecule has 0 aromatic heterocycles. The molecule has 1 rings (SSSR count). The van der Waals surface area contributed by atoms with Crippen LogP contribution in [-0.4, -0.2) is 18.9 Å². The Bertz CT molecular complexity index is 361. The first-order valence-corrected chi connectivity index (χ1v) is 5.07. The summed E-state index contributed by atoms with van der Waals surface area (Å²) in [5.41, 5.74) is 8.72. The molecule has 0 aliphatic carbocycles. The van der Waals surface area contributed by atoms with Gasteiger partial charge in [-0.25, -0.2) is 0 Å². The molecule has 1 atom stereocenters. The van der Waals surface area contributed by atoms with Gasteiger partial charge in [0.2, 0.25) is 0 Å². The van der Waals surface area contributed by atoms with Crippen LogP contribution in [0.25, 0.3) is 0 Å². The van der Waals surface area contributed by atoms with Crippen molar-refractivity contribution in [2.24, 2.45) is 0 Å². The number of carbonyl (C=O) groups is 1. The Labute approximate surface area is 90.7 Å². The van der Waals surface area contributed by atoms with E-state index in [-0.39, 0.29) is 11.8 Å². The quantitative estimate of drug-likeness (QED) is 0.730. The summed E-state index contributed by atoms with van der Waals surface area (Å²) in [6.07, 6.45) is 0.715. The molecule has 0 heterocycles. The van der Waals surface area contributed by atoms with Crippen LogP contribution in [0.4, 0.5) is 5.69 Å². The monoisotopic (exact) mass is 206 g/mol. The van der Waals surface area contributed by atoms with Crippen molar-refractivity contribution in [3.8, 4) is 0 Å². The number of hydrogen-bond donors (Lipinski definition) is 2. The first-order chi connectivity index (χ1) is 7.04. The Kier molecular flexibility index (Phi) is 3.86. The molecule has 3 heteroatoms. The Morgan fingerprint density at radius 1 is 1.53 bits per heavy atom. The van der Waals surface area contributed by atoms with Crippen LogP contribution >= 0.6 is 0 Å². The average molecular weight is 206 g/mol. The van der Waals surface area contributed by atoms with Crippen molar-refractivity contribution in [3.63, 3.8) is 0 Å². The molecule has 82 valence electrons. The number of ketones is 1. The number of nitrogens with one attached hydrogen (secondary N) is 1. The van der Waals surface area contributed by atoms with Crippen LogP contribution < -0.4 is 11.1 Å². The van der Waals surface area contributed by atoms with Gasteiger partial charge in [0, 0.05) is 5.69 Å². The van der Waals surface area contributed by atoms with Gasteiger partial charge in [0.1, 0.15) is 5.78 Å². The van der Waals surface area contributed by atoms with E-state index in [1.165, 1.54) is 0 Å². The van der Waals surface area contributed by atoms with Crippen LogP contribution in [0, 0.1) is 6.92 Å². The van der Waals surface area contributed by atoms with E-state index in [1.807, 2.05) is 25.1 Å². The largest absolute Gasteiger partial charge is 0.399 e. The Balaban J connectivity index is 2.80. The maximum atomic E-state index is 11.2. The maximum Gasteiger partial charge on any atom is 0.147 e. The van der Waals surface area contributed by atoms with Gasteiger partial charge in [0.15, 0.2) is 0 Å². The molecule has 1 aromatic carbocycles. The van der Waals surface area contributed by atoms with Crippen LogP contribution in [0.5, 0.6) is 0 Å². The van der Waals surface area contributed by atoms with E-state index in [4.69, 9.17) is 5.73 Å². The highest BCUT2D eigenvalue weighted by Crippen LogP contribution is 2.14. The number of carbonyl (C=O) groups excluding carboxylic acids is 1. The fraction of sp³-hybridized carbons (Fsp3) is 0.417. The highest BCUT2D eigenvalue weighted by Gasteiger charge is 2.12. The van der Waals surface area contributed by atoms with Crippen LogP contribution in [0.1, 0.15) is 18.1 Å². The average Bonchev–Trinajstić information content (AvgIpc) is 2.19. The van der Waals surface area contributed by atoms with Crippen LogP contribution in [0.3, 0.4) is 0 Å². The number of anilines is 1. The van der Waals surface area contributed by atoms with Crippen molar-refractivity contribution >= 4 is 11.5 Å². The fourth-order valence-electron chi connectivity index (χ4n) is 1.55. The highest BCUT2D eigenvalue weighted by atomic mass is 16.1. The van der Waals surface area contributed by atoms with Crippen molar-refractivity contribution in [1.29, 1.82) is 0 Å². The molecular weight excluding hydrogens is 188 g/mol. The number of rotatable bonds is 4. The smallest absolute Gasteiger partial charge is 0.147 e. The summed E-state index contributed by atoms with van der Waals surface area (Å²) in [5.74, 6) is 0.159. The fourth-order valence-corrected chi connectivity index (χ4v) is 1.55. The Morgan fingerprint density at radius 3 is 2.67 bits per heavy atom. The molecule has 3 N–H and O–H groups in total. The van der Waals surface area contributed by atoms with Gasteiger partial charge in [-0.15, -0.1) is 0 Å². The summed E-state index contributed by atoms with van der Waals surface area (Å²) in [4.78, 5) is 11.2. The maximum absolute atomic E-state index is 11.2. The zero-order valence-electron chi connectivity index (χ0n) is 9.50. The number of Topliss-reactive ketones (excluding diaryl/α,β-unsaturated/α-hetero) is 1. The lowest BCUT2D eigenvalue weighted by Gasteiger charge is -2.13. The number of nitrogens with two attached hydrogens (primary N) is 1. The molecule has 1 aromatic rings. The third-order valence-electron chi connectivity index (χ3n) is 2.61. The van der Waals surface area contributed by atoms with Gasteiger partial charge in [-0.3, -0.25) is 4.79 Å². The van der Waals surface area contributed by atoms with Gasteiger partial charge >= 0.3 is 0 Å². The normalized spacial score (nSPS) is 12.5. The second-order valence-corrected chi connectivity index (χ2v) is 3.85. The van der Waals surface area contributed by atoms with E-state index in [0.717, 1.165) is 16.8 Å². The lowest BCUT2D eigenvalue weighted by Crippen LogP contribution is -2.34. The van der Waals surface area contributed by atoms with E-state index in [2.05, 4.69) is 5.32 Å². The molecule has 0 aliphatic rings. The van der Waals surface area contributed by atoms with E-state index in [0.29, 0.717) is 6.42 Å². The lowest BCUT2D eigenvalue weighted by atomic mass is 10.0. The second-order valence-electron chi connectivity index (χ2n) is 3.85. The first-order valence-electron chi connectivity index (χ1n) is 5.07.